The SMILES string of the molecule is CC1CCC(OC(=O)C(C)(C)N)CC1C. The molecule has 1 aliphatic rings. The highest BCUT2D eigenvalue weighted by Gasteiger charge is 2.31. The van der Waals surface area contributed by atoms with Crippen LogP contribution < -0.4 is 5.73 Å². The van der Waals surface area contributed by atoms with Crippen LogP contribution in [-0.2, 0) is 9.53 Å². The highest BCUT2D eigenvalue weighted by atomic mass is 16.5. The van der Waals surface area contributed by atoms with Crippen molar-refractivity contribution in [2.75, 3.05) is 0 Å². The van der Waals surface area contributed by atoms with E-state index in [9.17, 15) is 4.79 Å². The molecule has 2 N–H and O–H groups in total. The second kappa shape index (κ2) is 4.52. The molecular formula is C12H23NO2. The Morgan fingerprint density at radius 1 is 1.27 bits per heavy atom. The molecule has 3 heteroatoms. The van der Waals surface area contributed by atoms with Crippen molar-refractivity contribution in [2.45, 2.75) is 58.6 Å². The smallest absolute Gasteiger partial charge is 0.325 e. The van der Waals surface area contributed by atoms with E-state index in [0.29, 0.717) is 5.92 Å². The first-order valence-electron chi connectivity index (χ1n) is 5.80. The monoisotopic (exact) mass is 213 g/mol. The van der Waals surface area contributed by atoms with Gasteiger partial charge in [0.2, 0.25) is 0 Å². The molecule has 3 atom stereocenters. The molecular weight excluding hydrogens is 190 g/mol. The van der Waals surface area contributed by atoms with E-state index in [2.05, 4.69) is 13.8 Å². The minimum Gasteiger partial charge on any atom is -0.461 e. The predicted octanol–water partition coefficient (Wildman–Crippen LogP) is 2.09. The highest BCUT2D eigenvalue weighted by molar-refractivity contribution is 5.79. The van der Waals surface area contributed by atoms with E-state index in [1.165, 1.54) is 0 Å². The van der Waals surface area contributed by atoms with Gasteiger partial charge in [-0.05, 0) is 44.9 Å². The molecule has 0 aromatic carbocycles. The van der Waals surface area contributed by atoms with Gasteiger partial charge in [-0.1, -0.05) is 13.8 Å². The number of carbonyl (C=O) groups is 1. The Hall–Kier alpha value is -0.570. The first-order valence-corrected chi connectivity index (χ1v) is 5.80. The Morgan fingerprint density at radius 2 is 1.87 bits per heavy atom. The quantitative estimate of drug-likeness (QED) is 0.715. The van der Waals surface area contributed by atoms with Crippen LogP contribution in [0.15, 0.2) is 0 Å². The van der Waals surface area contributed by atoms with Crippen molar-refractivity contribution in [3.05, 3.63) is 0 Å². The van der Waals surface area contributed by atoms with Crippen molar-refractivity contribution in [3.8, 4) is 0 Å². The van der Waals surface area contributed by atoms with E-state index in [4.69, 9.17) is 10.5 Å². The molecule has 15 heavy (non-hydrogen) atoms. The fourth-order valence-corrected chi connectivity index (χ4v) is 1.91. The van der Waals surface area contributed by atoms with Crippen molar-refractivity contribution >= 4 is 5.97 Å². The molecule has 0 saturated heterocycles. The molecule has 3 nitrogen and oxygen atoms in total. The van der Waals surface area contributed by atoms with Crippen LogP contribution in [0, 0.1) is 11.8 Å². The van der Waals surface area contributed by atoms with E-state index in [1.54, 1.807) is 13.8 Å². The van der Waals surface area contributed by atoms with Gasteiger partial charge in [-0.15, -0.1) is 0 Å². The summed E-state index contributed by atoms with van der Waals surface area (Å²) in [4.78, 5) is 11.6. The van der Waals surface area contributed by atoms with Gasteiger partial charge in [-0.2, -0.15) is 0 Å². The van der Waals surface area contributed by atoms with E-state index < -0.39 is 5.54 Å². The Bertz CT molecular complexity index is 232. The fourth-order valence-electron chi connectivity index (χ4n) is 1.91. The lowest BCUT2D eigenvalue weighted by molar-refractivity contribution is -0.157. The lowest BCUT2D eigenvalue weighted by atomic mass is 9.80. The molecule has 0 aliphatic heterocycles. The molecule has 1 aliphatic carbocycles. The fraction of sp³-hybridized carbons (Fsp3) is 0.917. The standard InChI is InChI=1S/C12H23NO2/c1-8-5-6-10(7-9(8)2)15-11(14)12(3,4)13/h8-10H,5-7,13H2,1-4H3. The number of rotatable bonds is 2. The van der Waals surface area contributed by atoms with Gasteiger partial charge in [0.05, 0.1) is 0 Å². The van der Waals surface area contributed by atoms with Crippen LogP contribution in [0.1, 0.15) is 47.0 Å². The maximum absolute atomic E-state index is 11.6. The van der Waals surface area contributed by atoms with Gasteiger partial charge in [0.15, 0.2) is 0 Å². The maximum Gasteiger partial charge on any atom is 0.325 e. The molecule has 0 bridgehead atoms. The van der Waals surface area contributed by atoms with Crippen LogP contribution in [-0.4, -0.2) is 17.6 Å². The molecule has 1 rings (SSSR count). The normalized spacial score (nSPS) is 32.5. The summed E-state index contributed by atoms with van der Waals surface area (Å²) in [5.41, 5.74) is 4.81. The minimum absolute atomic E-state index is 0.0755. The number of carbonyl (C=O) groups excluding carboxylic acids is 1. The van der Waals surface area contributed by atoms with Gasteiger partial charge < -0.3 is 10.5 Å². The van der Waals surface area contributed by atoms with Gasteiger partial charge in [-0.25, -0.2) is 0 Å². The highest BCUT2D eigenvalue weighted by Crippen LogP contribution is 2.31. The van der Waals surface area contributed by atoms with Crippen LogP contribution in [0.4, 0.5) is 0 Å². The third-order valence-corrected chi connectivity index (χ3v) is 3.35. The van der Waals surface area contributed by atoms with Gasteiger partial charge in [0.25, 0.3) is 0 Å². The van der Waals surface area contributed by atoms with Crippen LogP contribution in [0.5, 0.6) is 0 Å². The summed E-state index contributed by atoms with van der Waals surface area (Å²) < 4.78 is 5.41. The van der Waals surface area contributed by atoms with Crippen LogP contribution in [0.25, 0.3) is 0 Å². The number of hydrogen-bond acceptors (Lipinski definition) is 3. The van der Waals surface area contributed by atoms with Crippen molar-refractivity contribution < 1.29 is 9.53 Å². The number of hydrogen-bond donors (Lipinski definition) is 1. The molecule has 3 unspecified atom stereocenters. The summed E-state index contributed by atoms with van der Waals surface area (Å²) in [6.07, 6.45) is 3.17. The zero-order chi connectivity index (χ0) is 11.6. The summed E-state index contributed by atoms with van der Waals surface area (Å²) in [5, 5.41) is 0. The van der Waals surface area contributed by atoms with Crippen LogP contribution in [0.2, 0.25) is 0 Å². The molecule has 0 heterocycles. The Balaban J connectivity index is 2.44. The number of ether oxygens (including phenoxy) is 1. The summed E-state index contributed by atoms with van der Waals surface area (Å²) in [6.45, 7) is 7.85. The van der Waals surface area contributed by atoms with Gasteiger partial charge in [0, 0.05) is 0 Å². The van der Waals surface area contributed by atoms with E-state index >= 15 is 0 Å². The van der Waals surface area contributed by atoms with Gasteiger partial charge in [0.1, 0.15) is 11.6 Å². The van der Waals surface area contributed by atoms with E-state index in [-0.39, 0.29) is 12.1 Å². The summed E-state index contributed by atoms with van der Waals surface area (Å²) in [5.74, 6) is 1.09. The second-order valence-electron chi connectivity index (χ2n) is 5.52. The minimum atomic E-state index is -0.869. The number of nitrogens with two attached hydrogens (primary N) is 1. The molecule has 1 fully saturated rings. The third kappa shape index (κ3) is 3.49. The van der Waals surface area contributed by atoms with Crippen molar-refractivity contribution in [1.29, 1.82) is 0 Å². The lowest BCUT2D eigenvalue weighted by Gasteiger charge is -2.33. The molecule has 0 spiro atoms. The average molecular weight is 213 g/mol. The number of esters is 1. The van der Waals surface area contributed by atoms with Gasteiger partial charge >= 0.3 is 5.97 Å². The first kappa shape index (κ1) is 12.5. The maximum atomic E-state index is 11.6. The Kier molecular flexibility index (Phi) is 3.77. The van der Waals surface area contributed by atoms with Crippen molar-refractivity contribution in [1.82, 2.24) is 0 Å². The van der Waals surface area contributed by atoms with E-state index in [0.717, 1.165) is 25.2 Å². The molecule has 0 amide bonds. The largest absolute Gasteiger partial charge is 0.461 e. The van der Waals surface area contributed by atoms with E-state index in [1.807, 2.05) is 0 Å². The lowest BCUT2D eigenvalue weighted by Crippen LogP contribution is -2.45. The van der Waals surface area contributed by atoms with Crippen molar-refractivity contribution in [2.24, 2.45) is 17.6 Å². The van der Waals surface area contributed by atoms with Gasteiger partial charge in [-0.3, -0.25) is 4.79 Å². The average Bonchev–Trinajstić information content (AvgIpc) is 2.10. The molecule has 88 valence electrons. The first-order chi connectivity index (χ1) is 6.80. The zero-order valence-corrected chi connectivity index (χ0v) is 10.2. The van der Waals surface area contributed by atoms with Crippen LogP contribution >= 0.6 is 0 Å². The Morgan fingerprint density at radius 3 is 2.33 bits per heavy atom. The van der Waals surface area contributed by atoms with Crippen molar-refractivity contribution in [3.63, 3.8) is 0 Å². The molecule has 1 saturated carbocycles. The summed E-state index contributed by atoms with van der Waals surface area (Å²) in [6, 6.07) is 0. The Labute approximate surface area is 92.4 Å². The van der Waals surface area contributed by atoms with Crippen LogP contribution in [0.3, 0.4) is 0 Å². The molecule has 0 aromatic rings. The predicted molar refractivity (Wildman–Crippen MR) is 60.3 cm³/mol. The summed E-state index contributed by atoms with van der Waals surface area (Å²) >= 11 is 0. The topological polar surface area (TPSA) is 52.3 Å². The molecule has 0 aromatic heterocycles. The zero-order valence-electron chi connectivity index (χ0n) is 10.2. The third-order valence-electron chi connectivity index (χ3n) is 3.35. The second-order valence-corrected chi connectivity index (χ2v) is 5.52. The summed E-state index contributed by atoms with van der Waals surface area (Å²) in [7, 11) is 0. The molecule has 0 radical (unpaired) electrons.